The van der Waals surface area contributed by atoms with E-state index >= 15 is 0 Å². The standard InChI is InChI=1S/C17H28N2/c1-12-7-8-17(16(10-12)11-14(3)18)19-9-5-6-13(2)15(19)4/h7-8,10,13-15H,5-6,9,11,18H2,1-4H3. The maximum atomic E-state index is 6.02. The van der Waals surface area contributed by atoms with Crippen LogP contribution in [0.25, 0.3) is 0 Å². The predicted octanol–water partition coefficient (Wildman–Crippen LogP) is 3.51. The van der Waals surface area contributed by atoms with Crippen LogP contribution in [0.5, 0.6) is 0 Å². The van der Waals surface area contributed by atoms with Crippen LogP contribution in [0, 0.1) is 12.8 Å². The quantitative estimate of drug-likeness (QED) is 0.901. The van der Waals surface area contributed by atoms with E-state index in [4.69, 9.17) is 5.73 Å². The van der Waals surface area contributed by atoms with E-state index < -0.39 is 0 Å². The number of rotatable bonds is 3. The van der Waals surface area contributed by atoms with Gasteiger partial charge in [-0.25, -0.2) is 0 Å². The SMILES string of the molecule is Cc1ccc(N2CCCC(C)C2C)c(CC(C)N)c1. The summed E-state index contributed by atoms with van der Waals surface area (Å²) in [4.78, 5) is 2.59. The molecule has 2 heteroatoms. The Morgan fingerprint density at radius 3 is 2.79 bits per heavy atom. The Balaban J connectivity index is 2.32. The summed E-state index contributed by atoms with van der Waals surface area (Å²) in [5.41, 5.74) is 10.2. The van der Waals surface area contributed by atoms with Crippen LogP contribution in [0.2, 0.25) is 0 Å². The average molecular weight is 260 g/mol. The van der Waals surface area contributed by atoms with E-state index in [9.17, 15) is 0 Å². The van der Waals surface area contributed by atoms with Gasteiger partial charge in [0.15, 0.2) is 0 Å². The maximum absolute atomic E-state index is 6.02. The highest BCUT2D eigenvalue weighted by Crippen LogP contribution is 2.31. The molecule has 106 valence electrons. The van der Waals surface area contributed by atoms with Gasteiger partial charge in [-0.3, -0.25) is 0 Å². The summed E-state index contributed by atoms with van der Waals surface area (Å²) >= 11 is 0. The molecule has 1 fully saturated rings. The van der Waals surface area contributed by atoms with Gasteiger partial charge in [-0.05, 0) is 57.6 Å². The molecule has 0 aliphatic carbocycles. The number of piperidine rings is 1. The zero-order valence-electron chi connectivity index (χ0n) is 12.8. The lowest BCUT2D eigenvalue weighted by atomic mass is 9.90. The molecule has 1 saturated heterocycles. The van der Waals surface area contributed by atoms with Crippen molar-refractivity contribution >= 4 is 5.69 Å². The van der Waals surface area contributed by atoms with Crippen molar-refractivity contribution in [1.82, 2.24) is 0 Å². The molecule has 0 aromatic heterocycles. The second-order valence-electron chi connectivity index (χ2n) is 6.37. The highest BCUT2D eigenvalue weighted by atomic mass is 15.2. The van der Waals surface area contributed by atoms with E-state index in [1.54, 1.807) is 0 Å². The summed E-state index contributed by atoms with van der Waals surface area (Å²) < 4.78 is 0. The molecule has 1 heterocycles. The van der Waals surface area contributed by atoms with Crippen LogP contribution < -0.4 is 10.6 Å². The number of hydrogen-bond donors (Lipinski definition) is 1. The first-order valence-electron chi connectivity index (χ1n) is 7.60. The largest absolute Gasteiger partial charge is 0.368 e. The lowest BCUT2D eigenvalue weighted by Gasteiger charge is -2.41. The summed E-state index contributed by atoms with van der Waals surface area (Å²) in [6, 6.07) is 7.68. The summed E-state index contributed by atoms with van der Waals surface area (Å²) in [6.07, 6.45) is 3.62. The second-order valence-corrected chi connectivity index (χ2v) is 6.37. The minimum absolute atomic E-state index is 0.220. The fraction of sp³-hybridized carbons (Fsp3) is 0.647. The fourth-order valence-electron chi connectivity index (χ4n) is 3.18. The minimum Gasteiger partial charge on any atom is -0.368 e. The van der Waals surface area contributed by atoms with Crippen LogP contribution in [0.1, 0.15) is 44.7 Å². The van der Waals surface area contributed by atoms with Gasteiger partial charge in [0, 0.05) is 24.3 Å². The molecular formula is C17H28N2. The molecule has 0 bridgehead atoms. The zero-order chi connectivity index (χ0) is 14.0. The Hall–Kier alpha value is -1.02. The molecule has 2 nitrogen and oxygen atoms in total. The summed E-state index contributed by atoms with van der Waals surface area (Å²) in [7, 11) is 0. The molecule has 0 spiro atoms. The van der Waals surface area contributed by atoms with E-state index in [0.29, 0.717) is 6.04 Å². The van der Waals surface area contributed by atoms with Crippen LogP contribution in [-0.4, -0.2) is 18.6 Å². The van der Waals surface area contributed by atoms with E-state index in [-0.39, 0.29) is 6.04 Å². The second kappa shape index (κ2) is 5.96. The van der Waals surface area contributed by atoms with Gasteiger partial charge in [-0.1, -0.05) is 24.6 Å². The average Bonchev–Trinajstić information content (AvgIpc) is 2.33. The van der Waals surface area contributed by atoms with E-state index in [1.807, 2.05) is 0 Å². The number of hydrogen-bond acceptors (Lipinski definition) is 2. The molecule has 2 rings (SSSR count). The molecule has 19 heavy (non-hydrogen) atoms. The van der Waals surface area contributed by atoms with Crippen molar-refractivity contribution in [3.63, 3.8) is 0 Å². The monoisotopic (exact) mass is 260 g/mol. The number of anilines is 1. The first-order valence-corrected chi connectivity index (χ1v) is 7.60. The molecule has 3 atom stereocenters. The van der Waals surface area contributed by atoms with Crippen LogP contribution >= 0.6 is 0 Å². The van der Waals surface area contributed by atoms with Crippen molar-refractivity contribution in [1.29, 1.82) is 0 Å². The molecule has 3 unspecified atom stereocenters. The molecular weight excluding hydrogens is 232 g/mol. The minimum atomic E-state index is 0.220. The highest BCUT2D eigenvalue weighted by Gasteiger charge is 2.26. The van der Waals surface area contributed by atoms with Gasteiger partial charge >= 0.3 is 0 Å². The van der Waals surface area contributed by atoms with Crippen molar-refractivity contribution in [3.05, 3.63) is 29.3 Å². The van der Waals surface area contributed by atoms with Crippen LogP contribution in [0.3, 0.4) is 0 Å². The number of nitrogens with zero attached hydrogens (tertiary/aromatic N) is 1. The summed E-state index contributed by atoms with van der Waals surface area (Å²) in [6.45, 7) is 10.2. The Kier molecular flexibility index (Phi) is 4.51. The van der Waals surface area contributed by atoms with Gasteiger partial charge in [-0.15, -0.1) is 0 Å². The number of nitrogens with two attached hydrogens (primary N) is 1. The summed E-state index contributed by atoms with van der Waals surface area (Å²) in [5, 5.41) is 0. The molecule has 2 N–H and O–H groups in total. The zero-order valence-corrected chi connectivity index (χ0v) is 12.8. The van der Waals surface area contributed by atoms with Crippen LogP contribution in [0.15, 0.2) is 18.2 Å². The van der Waals surface area contributed by atoms with Gasteiger partial charge in [0.05, 0.1) is 0 Å². The first-order chi connectivity index (χ1) is 8.99. The third-order valence-corrected chi connectivity index (χ3v) is 4.46. The Morgan fingerprint density at radius 1 is 1.37 bits per heavy atom. The van der Waals surface area contributed by atoms with E-state index in [2.05, 4.69) is 50.8 Å². The van der Waals surface area contributed by atoms with Gasteiger partial charge in [-0.2, -0.15) is 0 Å². The highest BCUT2D eigenvalue weighted by molar-refractivity contribution is 5.56. The van der Waals surface area contributed by atoms with Crippen molar-refractivity contribution in [2.24, 2.45) is 11.7 Å². The third kappa shape index (κ3) is 3.30. The molecule has 1 aliphatic rings. The Morgan fingerprint density at radius 2 is 2.11 bits per heavy atom. The Bertz CT molecular complexity index is 425. The van der Waals surface area contributed by atoms with Crippen LogP contribution in [-0.2, 0) is 6.42 Å². The van der Waals surface area contributed by atoms with E-state index in [0.717, 1.165) is 12.3 Å². The number of benzene rings is 1. The predicted molar refractivity (Wildman–Crippen MR) is 83.7 cm³/mol. The lowest BCUT2D eigenvalue weighted by molar-refractivity contribution is 0.363. The molecule has 1 aromatic rings. The van der Waals surface area contributed by atoms with Crippen molar-refractivity contribution in [2.75, 3.05) is 11.4 Å². The first kappa shape index (κ1) is 14.4. The van der Waals surface area contributed by atoms with Crippen molar-refractivity contribution < 1.29 is 0 Å². The topological polar surface area (TPSA) is 29.3 Å². The van der Waals surface area contributed by atoms with Crippen LogP contribution in [0.4, 0.5) is 5.69 Å². The smallest absolute Gasteiger partial charge is 0.0402 e. The fourth-order valence-corrected chi connectivity index (χ4v) is 3.18. The third-order valence-electron chi connectivity index (χ3n) is 4.46. The lowest BCUT2D eigenvalue weighted by Crippen LogP contribution is -2.43. The molecule has 1 aliphatic heterocycles. The summed E-state index contributed by atoms with van der Waals surface area (Å²) in [5.74, 6) is 0.776. The van der Waals surface area contributed by atoms with Crippen molar-refractivity contribution in [2.45, 2.75) is 59.0 Å². The maximum Gasteiger partial charge on any atom is 0.0402 e. The van der Waals surface area contributed by atoms with Gasteiger partial charge in [0.1, 0.15) is 0 Å². The van der Waals surface area contributed by atoms with E-state index in [1.165, 1.54) is 36.2 Å². The normalized spacial score (nSPS) is 25.4. The van der Waals surface area contributed by atoms with Gasteiger partial charge < -0.3 is 10.6 Å². The Labute approximate surface area is 118 Å². The molecule has 0 radical (unpaired) electrons. The van der Waals surface area contributed by atoms with Crippen molar-refractivity contribution in [3.8, 4) is 0 Å². The van der Waals surface area contributed by atoms with Gasteiger partial charge in [0.25, 0.3) is 0 Å². The molecule has 1 aromatic carbocycles. The molecule has 0 saturated carbocycles. The number of aryl methyl sites for hydroxylation is 1. The van der Waals surface area contributed by atoms with Gasteiger partial charge in [0.2, 0.25) is 0 Å². The molecule has 0 amide bonds.